The summed E-state index contributed by atoms with van der Waals surface area (Å²) in [6.45, 7) is 2.76. The Labute approximate surface area is 150 Å². The molecule has 0 unspecified atom stereocenters. The van der Waals surface area contributed by atoms with E-state index >= 15 is 0 Å². The lowest BCUT2D eigenvalue weighted by Crippen LogP contribution is -2.31. The maximum Gasteiger partial charge on any atom is 0.231 e. The van der Waals surface area contributed by atoms with Crippen LogP contribution in [0.2, 0.25) is 0 Å². The zero-order chi connectivity index (χ0) is 17.1. The van der Waals surface area contributed by atoms with Crippen LogP contribution in [0.1, 0.15) is 36.5 Å². The number of benzene rings is 2. The molecule has 2 aromatic carbocycles. The molecule has 0 aromatic heterocycles. The highest BCUT2D eigenvalue weighted by atomic mass is 79.9. The zero-order valence-corrected chi connectivity index (χ0v) is 15.1. The van der Waals surface area contributed by atoms with Crippen LogP contribution in [0.5, 0.6) is 0 Å². The van der Waals surface area contributed by atoms with Gasteiger partial charge in [0.25, 0.3) is 0 Å². The van der Waals surface area contributed by atoms with Gasteiger partial charge in [0.05, 0.1) is 12.1 Å². The minimum absolute atomic E-state index is 0.0738. The molecule has 0 N–H and O–H groups in total. The van der Waals surface area contributed by atoms with Crippen LogP contribution in [0, 0.1) is 5.82 Å². The first kappa shape index (κ1) is 16.9. The molecule has 0 spiro atoms. The van der Waals surface area contributed by atoms with E-state index in [1.807, 2.05) is 29.2 Å². The molecule has 0 aliphatic carbocycles. The van der Waals surface area contributed by atoms with Crippen molar-refractivity contribution in [3.05, 3.63) is 71.0 Å². The van der Waals surface area contributed by atoms with Crippen LogP contribution in [0.15, 0.2) is 48.5 Å². The molecular weight excluding hydrogens is 369 g/mol. The third kappa shape index (κ3) is 3.29. The van der Waals surface area contributed by atoms with Crippen molar-refractivity contribution in [1.82, 2.24) is 4.90 Å². The lowest BCUT2D eigenvalue weighted by Gasteiger charge is -2.25. The van der Waals surface area contributed by atoms with Gasteiger partial charge in [0, 0.05) is 11.0 Å². The molecule has 2 aromatic rings. The van der Waals surface area contributed by atoms with Gasteiger partial charge in [0.2, 0.25) is 5.91 Å². The summed E-state index contributed by atoms with van der Waals surface area (Å²) >= 11 is 3.71. The van der Waals surface area contributed by atoms with Crippen LogP contribution in [-0.2, 0) is 11.2 Å². The highest BCUT2D eigenvalue weighted by molar-refractivity contribution is 9.15. The summed E-state index contributed by atoms with van der Waals surface area (Å²) in [6.07, 6.45) is 2.30. The summed E-state index contributed by atoms with van der Waals surface area (Å²) in [6, 6.07) is 14.2. The number of fused-ring (bicyclic) bond motifs is 1. The average molecular weight is 388 g/mol. The van der Waals surface area contributed by atoms with E-state index in [4.69, 9.17) is 0 Å². The monoisotopic (exact) mass is 387 g/mol. The number of halogens is 2. The topological polar surface area (TPSA) is 20.3 Å². The maximum absolute atomic E-state index is 13.3. The summed E-state index contributed by atoms with van der Waals surface area (Å²) in [5, 5.41) is 0. The SMILES string of the molecule is CCCCN1C(=O)Cc2ccccc2C(Br)=C1c1ccc(F)cc1. The molecule has 1 amide bonds. The minimum Gasteiger partial charge on any atom is -0.310 e. The van der Waals surface area contributed by atoms with Crippen molar-refractivity contribution < 1.29 is 9.18 Å². The molecule has 0 radical (unpaired) electrons. The highest BCUT2D eigenvalue weighted by Crippen LogP contribution is 2.38. The standard InChI is InChI=1S/C20H19BrFNO/c1-2-3-12-23-18(24)13-15-6-4-5-7-17(15)19(21)20(23)14-8-10-16(22)11-9-14/h4-11H,2-3,12-13H2,1H3. The van der Waals surface area contributed by atoms with E-state index in [0.29, 0.717) is 13.0 Å². The van der Waals surface area contributed by atoms with Crippen LogP contribution in [0.4, 0.5) is 4.39 Å². The van der Waals surface area contributed by atoms with Crippen molar-refractivity contribution >= 4 is 32.0 Å². The number of nitrogens with zero attached hydrogens (tertiary/aromatic N) is 1. The van der Waals surface area contributed by atoms with E-state index in [-0.39, 0.29) is 11.7 Å². The summed E-state index contributed by atoms with van der Waals surface area (Å²) < 4.78 is 14.2. The molecule has 0 fully saturated rings. The van der Waals surface area contributed by atoms with Crippen LogP contribution in [0.3, 0.4) is 0 Å². The van der Waals surface area contributed by atoms with Crippen molar-refractivity contribution in [2.75, 3.05) is 6.54 Å². The van der Waals surface area contributed by atoms with Crippen molar-refractivity contribution in [2.45, 2.75) is 26.2 Å². The molecule has 1 aliphatic rings. The molecule has 124 valence electrons. The van der Waals surface area contributed by atoms with E-state index < -0.39 is 0 Å². The maximum atomic E-state index is 13.3. The van der Waals surface area contributed by atoms with Gasteiger partial charge in [0.1, 0.15) is 5.82 Å². The van der Waals surface area contributed by atoms with Gasteiger partial charge in [-0.05, 0) is 63.3 Å². The van der Waals surface area contributed by atoms with Gasteiger partial charge in [-0.25, -0.2) is 4.39 Å². The predicted octanol–water partition coefficient (Wildman–Crippen LogP) is 5.23. The van der Waals surface area contributed by atoms with Crippen molar-refractivity contribution in [1.29, 1.82) is 0 Å². The van der Waals surface area contributed by atoms with Crippen molar-refractivity contribution in [3.63, 3.8) is 0 Å². The fourth-order valence-electron chi connectivity index (χ4n) is 2.96. The van der Waals surface area contributed by atoms with E-state index in [2.05, 4.69) is 22.9 Å². The molecule has 1 aliphatic heterocycles. The Kier molecular flexibility index (Phi) is 5.14. The van der Waals surface area contributed by atoms with Crippen LogP contribution in [-0.4, -0.2) is 17.4 Å². The molecule has 3 rings (SSSR count). The van der Waals surface area contributed by atoms with E-state index in [1.54, 1.807) is 12.1 Å². The molecule has 0 bridgehead atoms. The number of hydrogen-bond acceptors (Lipinski definition) is 1. The lowest BCUT2D eigenvalue weighted by molar-refractivity contribution is -0.127. The first-order valence-electron chi connectivity index (χ1n) is 8.16. The Bertz CT molecular complexity index is 782. The molecule has 1 heterocycles. The lowest BCUT2D eigenvalue weighted by atomic mass is 10.0. The quantitative estimate of drug-likeness (QED) is 0.702. The second-order valence-electron chi connectivity index (χ2n) is 5.90. The van der Waals surface area contributed by atoms with Crippen LogP contribution < -0.4 is 0 Å². The number of hydrogen-bond donors (Lipinski definition) is 0. The number of rotatable bonds is 4. The molecule has 4 heteroatoms. The second kappa shape index (κ2) is 7.31. The van der Waals surface area contributed by atoms with Gasteiger partial charge in [-0.1, -0.05) is 37.6 Å². The summed E-state index contributed by atoms with van der Waals surface area (Å²) in [4.78, 5) is 14.7. The summed E-state index contributed by atoms with van der Waals surface area (Å²) in [7, 11) is 0. The molecular formula is C20H19BrFNO. The van der Waals surface area contributed by atoms with Gasteiger partial charge in [-0.3, -0.25) is 4.79 Å². The third-order valence-corrected chi connectivity index (χ3v) is 5.03. The fourth-order valence-corrected chi connectivity index (χ4v) is 3.79. The van der Waals surface area contributed by atoms with E-state index in [9.17, 15) is 9.18 Å². The van der Waals surface area contributed by atoms with Crippen molar-refractivity contribution in [2.24, 2.45) is 0 Å². The largest absolute Gasteiger partial charge is 0.310 e. The first-order chi connectivity index (χ1) is 11.6. The molecule has 2 nitrogen and oxygen atoms in total. The van der Waals surface area contributed by atoms with Gasteiger partial charge in [-0.15, -0.1) is 0 Å². The molecule has 0 saturated carbocycles. The number of carbonyl (C=O) groups excluding carboxylic acids is 1. The number of amides is 1. The number of unbranched alkanes of at least 4 members (excludes halogenated alkanes) is 1. The highest BCUT2D eigenvalue weighted by Gasteiger charge is 2.27. The third-order valence-electron chi connectivity index (χ3n) is 4.23. The molecule has 0 saturated heterocycles. The summed E-state index contributed by atoms with van der Waals surface area (Å²) in [5.74, 6) is -0.208. The molecule has 0 atom stereocenters. The Morgan fingerprint density at radius 2 is 1.83 bits per heavy atom. The average Bonchev–Trinajstić information content (AvgIpc) is 2.69. The zero-order valence-electron chi connectivity index (χ0n) is 13.6. The van der Waals surface area contributed by atoms with Crippen LogP contribution >= 0.6 is 15.9 Å². The second-order valence-corrected chi connectivity index (χ2v) is 6.70. The Morgan fingerprint density at radius 3 is 2.54 bits per heavy atom. The Hall–Kier alpha value is -1.94. The van der Waals surface area contributed by atoms with E-state index in [0.717, 1.165) is 39.7 Å². The predicted molar refractivity (Wildman–Crippen MR) is 98.9 cm³/mol. The van der Waals surface area contributed by atoms with Gasteiger partial charge >= 0.3 is 0 Å². The Morgan fingerprint density at radius 1 is 1.12 bits per heavy atom. The van der Waals surface area contributed by atoms with Gasteiger partial charge in [-0.2, -0.15) is 0 Å². The smallest absolute Gasteiger partial charge is 0.231 e. The molecule has 24 heavy (non-hydrogen) atoms. The van der Waals surface area contributed by atoms with E-state index in [1.165, 1.54) is 12.1 Å². The minimum atomic E-state index is -0.282. The van der Waals surface area contributed by atoms with Crippen LogP contribution in [0.25, 0.3) is 10.2 Å². The number of carbonyl (C=O) groups is 1. The first-order valence-corrected chi connectivity index (χ1v) is 8.95. The van der Waals surface area contributed by atoms with Gasteiger partial charge < -0.3 is 4.90 Å². The normalized spacial score (nSPS) is 14.6. The summed E-state index contributed by atoms with van der Waals surface area (Å²) in [5.41, 5.74) is 3.68. The fraction of sp³-hybridized carbons (Fsp3) is 0.250. The van der Waals surface area contributed by atoms with Crippen molar-refractivity contribution in [3.8, 4) is 0 Å². The van der Waals surface area contributed by atoms with Gasteiger partial charge in [0.15, 0.2) is 0 Å². The Balaban J connectivity index is 2.18.